The molecule has 1 spiro atoms. The predicted octanol–water partition coefficient (Wildman–Crippen LogP) is 3.26. The number of hydrogen-bond donors (Lipinski definition) is 1. The molecule has 2 aliphatic rings. The molecular weight excluding hydrogens is 226 g/mol. The smallest absolute Gasteiger partial charge is 0.106 e. The Kier molecular flexibility index (Phi) is 3.20. The Morgan fingerprint density at radius 2 is 2.00 bits per heavy atom. The highest BCUT2D eigenvalue weighted by Crippen LogP contribution is 2.38. The largest absolute Gasteiger partial charge is 0.466 e. The Bertz CT molecular complexity index is 413. The summed E-state index contributed by atoms with van der Waals surface area (Å²) < 4.78 is 12.1. The standard InChI is InChI=1S/C15H23NO2/c1-11-8-13(12(2)17-11)14-9-16-10-15(18-14)6-4-3-5-7-15/h8,14,16H,3-7,9-10H2,1-2H3. The zero-order valence-corrected chi connectivity index (χ0v) is 11.4. The van der Waals surface area contributed by atoms with E-state index in [4.69, 9.17) is 9.15 Å². The lowest BCUT2D eigenvalue weighted by molar-refractivity contribution is -0.136. The second-order valence-electron chi connectivity index (χ2n) is 5.85. The number of aryl methyl sites for hydroxylation is 2. The lowest BCUT2D eigenvalue weighted by Crippen LogP contribution is -2.51. The van der Waals surface area contributed by atoms with E-state index in [1.807, 2.05) is 13.8 Å². The van der Waals surface area contributed by atoms with E-state index in [9.17, 15) is 0 Å². The van der Waals surface area contributed by atoms with E-state index >= 15 is 0 Å². The third kappa shape index (κ3) is 2.21. The average molecular weight is 249 g/mol. The van der Waals surface area contributed by atoms with E-state index in [0.29, 0.717) is 0 Å². The van der Waals surface area contributed by atoms with Gasteiger partial charge in [-0.3, -0.25) is 0 Å². The second-order valence-corrected chi connectivity index (χ2v) is 5.85. The SMILES string of the molecule is Cc1cc(C2CNCC3(CCCCC3)O2)c(C)o1. The fourth-order valence-electron chi connectivity index (χ4n) is 3.45. The summed E-state index contributed by atoms with van der Waals surface area (Å²) in [6.07, 6.45) is 6.53. The third-order valence-electron chi connectivity index (χ3n) is 4.36. The third-order valence-corrected chi connectivity index (χ3v) is 4.36. The van der Waals surface area contributed by atoms with Crippen molar-refractivity contribution < 1.29 is 9.15 Å². The minimum absolute atomic E-state index is 0.0821. The summed E-state index contributed by atoms with van der Waals surface area (Å²) in [6, 6.07) is 2.13. The first kappa shape index (κ1) is 12.2. The van der Waals surface area contributed by atoms with Gasteiger partial charge in [0.25, 0.3) is 0 Å². The summed E-state index contributed by atoms with van der Waals surface area (Å²) in [5, 5.41) is 3.56. The Labute approximate surface area is 109 Å². The summed E-state index contributed by atoms with van der Waals surface area (Å²) >= 11 is 0. The van der Waals surface area contributed by atoms with Crippen LogP contribution in [0.5, 0.6) is 0 Å². The van der Waals surface area contributed by atoms with Gasteiger partial charge in [0.2, 0.25) is 0 Å². The number of nitrogens with one attached hydrogen (secondary N) is 1. The average Bonchev–Trinajstić information content (AvgIpc) is 2.69. The molecule has 100 valence electrons. The molecule has 1 aliphatic carbocycles. The van der Waals surface area contributed by atoms with Gasteiger partial charge in [-0.05, 0) is 32.8 Å². The Hall–Kier alpha value is -0.800. The molecule has 2 fully saturated rings. The fourth-order valence-corrected chi connectivity index (χ4v) is 3.45. The Balaban J connectivity index is 1.79. The van der Waals surface area contributed by atoms with Crippen molar-refractivity contribution in [1.82, 2.24) is 5.32 Å². The van der Waals surface area contributed by atoms with Crippen molar-refractivity contribution in [2.45, 2.75) is 57.7 Å². The molecule has 1 aliphatic heterocycles. The lowest BCUT2D eigenvalue weighted by atomic mass is 9.83. The molecule has 3 nitrogen and oxygen atoms in total. The van der Waals surface area contributed by atoms with Crippen molar-refractivity contribution >= 4 is 0 Å². The molecule has 1 saturated heterocycles. The topological polar surface area (TPSA) is 34.4 Å². The first-order valence-corrected chi connectivity index (χ1v) is 7.14. The number of ether oxygens (including phenoxy) is 1. The van der Waals surface area contributed by atoms with Crippen LogP contribution in [-0.4, -0.2) is 18.7 Å². The summed E-state index contributed by atoms with van der Waals surface area (Å²) in [4.78, 5) is 0. The van der Waals surface area contributed by atoms with Crippen LogP contribution in [0.3, 0.4) is 0 Å². The predicted molar refractivity (Wildman–Crippen MR) is 70.7 cm³/mol. The van der Waals surface area contributed by atoms with Gasteiger partial charge in [-0.2, -0.15) is 0 Å². The van der Waals surface area contributed by atoms with Crippen LogP contribution in [0.4, 0.5) is 0 Å². The zero-order valence-electron chi connectivity index (χ0n) is 11.4. The first-order valence-electron chi connectivity index (χ1n) is 7.14. The van der Waals surface area contributed by atoms with Crippen LogP contribution >= 0.6 is 0 Å². The minimum atomic E-state index is 0.0821. The van der Waals surface area contributed by atoms with Crippen LogP contribution < -0.4 is 5.32 Å². The fraction of sp³-hybridized carbons (Fsp3) is 0.733. The summed E-state index contributed by atoms with van der Waals surface area (Å²) in [5.41, 5.74) is 1.31. The van der Waals surface area contributed by atoms with E-state index in [0.717, 1.165) is 24.6 Å². The van der Waals surface area contributed by atoms with E-state index in [2.05, 4.69) is 11.4 Å². The van der Waals surface area contributed by atoms with Crippen LogP contribution in [-0.2, 0) is 4.74 Å². The van der Waals surface area contributed by atoms with Gasteiger partial charge in [0.15, 0.2) is 0 Å². The highest BCUT2D eigenvalue weighted by molar-refractivity contribution is 5.24. The summed E-state index contributed by atoms with van der Waals surface area (Å²) in [7, 11) is 0. The molecule has 1 saturated carbocycles. The van der Waals surface area contributed by atoms with Crippen molar-refractivity contribution in [2.24, 2.45) is 0 Å². The van der Waals surface area contributed by atoms with Crippen molar-refractivity contribution in [3.05, 3.63) is 23.2 Å². The van der Waals surface area contributed by atoms with Gasteiger partial charge in [0.05, 0.1) is 11.7 Å². The molecule has 18 heavy (non-hydrogen) atoms. The molecule has 1 atom stereocenters. The number of hydrogen-bond acceptors (Lipinski definition) is 3. The highest BCUT2D eigenvalue weighted by Gasteiger charge is 2.39. The van der Waals surface area contributed by atoms with Crippen LogP contribution in [0.15, 0.2) is 10.5 Å². The van der Waals surface area contributed by atoms with E-state index in [-0.39, 0.29) is 11.7 Å². The molecule has 1 unspecified atom stereocenters. The molecule has 3 rings (SSSR count). The van der Waals surface area contributed by atoms with Gasteiger partial charge in [-0.25, -0.2) is 0 Å². The molecule has 1 N–H and O–H groups in total. The molecule has 0 bridgehead atoms. The van der Waals surface area contributed by atoms with Gasteiger partial charge in [-0.1, -0.05) is 19.3 Å². The minimum Gasteiger partial charge on any atom is -0.466 e. The quantitative estimate of drug-likeness (QED) is 0.829. The van der Waals surface area contributed by atoms with Gasteiger partial charge in [-0.15, -0.1) is 0 Å². The zero-order chi connectivity index (χ0) is 12.6. The van der Waals surface area contributed by atoms with E-state index in [1.54, 1.807) is 0 Å². The summed E-state index contributed by atoms with van der Waals surface area (Å²) in [6.45, 7) is 5.96. The van der Waals surface area contributed by atoms with E-state index in [1.165, 1.54) is 37.7 Å². The number of furan rings is 1. The molecule has 3 heteroatoms. The van der Waals surface area contributed by atoms with Crippen molar-refractivity contribution in [3.8, 4) is 0 Å². The first-order chi connectivity index (χ1) is 8.69. The monoisotopic (exact) mass is 249 g/mol. The van der Waals surface area contributed by atoms with Gasteiger partial charge in [0.1, 0.15) is 11.5 Å². The molecule has 1 aromatic heterocycles. The van der Waals surface area contributed by atoms with Crippen LogP contribution in [0, 0.1) is 13.8 Å². The van der Waals surface area contributed by atoms with Gasteiger partial charge < -0.3 is 14.5 Å². The van der Waals surface area contributed by atoms with Crippen LogP contribution in [0.25, 0.3) is 0 Å². The lowest BCUT2D eigenvalue weighted by Gasteiger charge is -2.44. The molecular formula is C15H23NO2. The maximum atomic E-state index is 6.47. The van der Waals surface area contributed by atoms with E-state index < -0.39 is 0 Å². The maximum absolute atomic E-state index is 6.47. The normalized spacial score (nSPS) is 27.6. The number of morpholine rings is 1. The van der Waals surface area contributed by atoms with Gasteiger partial charge >= 0.3 is 0 Å². The van der Waals surface area contributed by atoms with Crippen molar-refractivity contribution in [2.75, 3.05) is 13.1 Å². The maximum Gasteiger partial charge on any atom is 0.106 e. The summed E-state index contributed by atoms with van der Waals surface area (Å²) in [5.74, 6) is 1.99. The molecule has 1 aromatic rings. The Morgan fingerprint density at radius 3 is 2.67 bits per heavy atom. The highest BCUT2D eigenvalue weighted by atomic mass is 16.5. The van der Waals surface area contributed by atoms with Crippen LogP contribution in [0.1, 0.15) is 55.3 Å². The van der Waals surface area contributed by atoms with Gasteiger partial charge in [0, 0.05) is 18.7 Å². The number of rotatable bonds is 1. The van der Waals surface area contributed by atoms with Crippen LogP contribution in [0.2, 0.25) is 0 Å². The van der Waals surface area contributed by atoms with Crippen molar-refractivity contribution in [3.63, 3.8) is 0 Å². The molecule has 0 amide bonds. The molecule has 2 heterocycles. The molecule has 0 radical (unpaired) electrons. The Morgan fingerprint density at radius 1 is 1.22 bits per heavy atom. The second kappa shape index (κ2) is 4.71. The van der Waals surface area contributed by atoms with Crippen molar-refractivity contribution in [1.29, 1.82) is 0 Å². The molecule has 0 aromatic carbocycles.